The first-order valence-corrected chi connectivity index (χ1v) is 6.91. The molecule has 0 amide bonds. The predicted octanol–water partition coefficient (Wildman–Crippen LogP) is 2.59. The molecule has 0 fully saturated rings. The van der Waals surface area contributed by atoms with Crippen molar-refractivity contribution in [2.75, 3.05) is 7.11 Å². The van der Waals surface area contributed by atoms with Gasteiger partial charge >= 0.3 is 11.9 Å². The van der Waals surface area contributed by atoms with E-state index in [1.807, 2.05) is 24.3 Å². The fourth-order valence-corrected chi connectivity index (χ4v) is 2.09. The highest BCUT2D eigenvalue weighted by atomic mass is 31.0. The third-order valence-corrected chi connectivity index (χ3v) is 3.41. The highest BCUT2D eigenvalue weighted by molar-refractivity contribution is 7.27. The molecule has 0 saturated carbocycles. The Bertz CT molecular complexity index is 650. The van der Waals surface area contributed by atoms with Crippen LogP contribution < -0.4 is 10.0 Å². The molecule has 2 aromatic rings. The molecule has 0 aromatic heterocycles. The second kappa shape index (κ2) is 8.15. The van der Waals surface area contributed by atoms with Crippen molar-refractivity contribution in [1.29, 1.82) is 0 Å². The van der Waals surface area contributed by atoms with Crippen LogP contribution in [-0.4, -0.2) is 29.3 Å². The van der Waals surface area contributed by atoms with E-state index in [1.165, 1.54) is 25.1 Å². The molecule has 2 aromatic carbocycles. The summed E-state index contributed by atoms with van der Waals surface area (Å²) in [7, 11) is 4.28. The van der Waals surface area contributed by atoms with Gasteiger partial charge in [-0.25, -0.2) is 9.59 Å². The lowest BCUT2D eigenvalue weighted by atomic mass is 10.0. The summed E-state index contributed by atoms with van der Waals surface area (Å²) >= 11 is 0. The van der Waals surface area contributed by atoms with Crippen molar-refractivity contribution >= 4 is 26.5 Å². The number of carboxylic acids is 2. The molecule has 22 heavy (non-hydrogen) atoms. The Kier molecular flexibility index (Phi) is 6.54. The molecule has 116 valence electrons. The van der Waals surface area contributed by atoms with Crippen LogP contribution in [0.4, 0.5) is 0 Å². The van der Waals surface area contributed by atoms with Crippen LogP contribution >= 0.6 is 9.24 Å². The minimum atomic E-state index is -1.11. The molecule has 0 aliphatic heterocycles. The summed E-state index contributed by atoms with van der Waals surface area (Å²) in [5.41, 5.74) is 0.335. The zero-order chi connectivity index (χ0) is 16.7. The van der Waals surface area contributed by atoms with Crippen LogP contribution in [0, 0.1) is 6.92 Å². The van der Waals surface area contributed by atoms with Gasteiger partial charge in [0.15, 0.2) is 0 Å². The van der Waals surface area contributed by atoms with E-state index in [1.54, 1.807) is 7.11 Å². The first-order valence-electron chi connectivity index (χ1n) is 6.33. The third-order valence-electron chi connectivity index (χ3n) is 2.93. The number of benzene rings is 2. The van der Waals surface area contributed by atoms with Gasteiger partial charge in [-0.05, 0) is 30.7 Å². The number of para-hydroxylation sites is 1. The van der Waals surface area contributed by atoms with Crippen molar-refractivity contribution in [3.63, 3.8) is 0 Å². The van der Waals surface area contributed by atoms with E-state index in [0.29, 0.717) is 0 Å². The molecule has 1 atom stereocenters. The second-order valence-corrected chi connectivity index (χ2v) is 4.95. The van der Waals surface area contributed by atoms with Crippen molar-refractivity contribution in [3.05, 3.63) is 59.2 Å². The zero-order valence-electron chi connectivity index (χ0n) is 12.2. The lowest BCUT2D eigenvalue weighted by molar-refractivity contribution is 0.0696. The maximum atomic E-state index is 10.6. The lowest BCUT2D eigenvalue weighted by Crippen LogP contribution is -2.06. The molecule has 0 aliphatic rings. The highest BCUT2D eigenvalue weighted by Gasteiger charge is 2.13. The highest BCUT2D eigenvalue weighted by Crippen LogP contribution is 2.13. The number of carboxylic acid groups (broad SMARTS) is 2. The number of hydrogen-bond acceptors (Lipinski definition) is 3. The van der Waals surface area contributed by atoms with Gasteiger partial charge in [0, 0.05) is 5.30 Å². The van der Waals surface area contributed by atoms with Crippen molar-refractivity contribution in [2.45, 2.75) is 6.92 Å². The summed E-state index contributed by atoms with van der Waals surface area (Å²) < 4.78 is 5.02. The van der Waals surface area contributed by atoms with Crippen LogP contribution in [0.25, 0.3) is 0 Å². The fourth-order valence-electron chi connectivity index (χ4n) is 1.77. The predicted molar refractivity (Wildman–Crippen MR) is 87.4 cm³/mol. The minimum absolute atomic E-state index is 0.0277. The van der Waals surface area contributed by atoms with Crippen LogP contribution in [0.1, 0.15) is 26.3 Å². The number of rotatable bonds is 3. The first kappa shape index (κ1) is 17.7. The van der Waals surface area contributed by atoms with Crippen LogP contribution in [0.2, 0.25) is 0 Å². The molecule has 5 nitrogen and oxygen atoms in total. The van der Waals surface area contributed by atoms with Gasteiger partial charge < -0.3 is 14.9 Å². The summed E-state index contributed by atoms with van der Waals surface area (Å²) in [6.45, 7) is 1.48. The van der Waals surface area contributed by atoms with Crippen LogP contribution in [0.15, 0.2) is 42.5 Å². The molecule has 0 spiro atoms. The van der Waals surface area contributed by atoms with E-state index in [4.69, 9.17) is 14.9 Å². The van der Waals surface area contributed by atoms with Crippen molar-refractivity contribution in [2.24, 2.45) is 0 Å². The Morgan fingerprint density at radius 3 is 1.82 bits per heavy atom. The number of carbonyl (C=O) groups is 2. The number of aromatic carboxylic acids is 2. The molecule has 0 heterocycles. The van der Waals surface area contributed by atoms with Crippen molar-refractivity contribution in [3.8, 4) is 5.75 Å². The lowest BCUT2D eigenvalue weighted by Gasteiger charge is -2.03. The summed E-state index contributed by atoms with van der Waals surface area (Å²) in [5, 5.41) is 18.5. The van der Waals surface area contributed by atoms with Crippen LogP contribution in [0.3, 0.4) is 0 Å². The van der Waals surface area contributed by atoms with Crippen LogP contribution in [0.5, 0.6) is 5.75 Å². The van der Waals surface area contributed by atoms with Gasteiger partial charge in [-0.15, -0.1) is 9.24 Å². The molecule has 0 aliphatic carbocycles. The Morgan fingerprint density at radius 2 is 1.45 bits per heavy atom. The molecule has 1 unspecified atom stereocenters. The Balaban J connectivity index is 0.000000235. The fraction of sp³-hybridized carbons (Fsp3) is 0.125. The summed E-state index contributed by atoms with van der Waals surface area (Å²) in [5.74, 6) is -1.30. The van der Waals surface area contributed by atoms with Gasteiger partial charge in [-0.2, -0.15) is 0 Å². The van der Waals surface area contributed by atoms with Gasteiger partial charge in [0.1, 0.15) is 5.75 Å². The molecule has 2 rings (SSSR count). The number of hydrogen-bond donors (Lipinski definition) is 2. The van der Waals surface area contributed by atoms with E-state index in [9.17, 15) is 9.59 Å². The molecule has 0 saturated heterocycles. The SMILES string of the molecule is COc1ccccc1P.Cc1c(C(=O)O)cccc1C(=O)O. The number of ether oxygens (including phenoxy) is 1. The quantitative estimate of drug-likeness (QED) is 0.849. The Morgan fingerprint density at radius 1 is 0.955 bits per heavy atom. The zero-order valence-corrected chi connectivity index (χ0v) is 13.4. The molecule has 2 N–H and O–H groups in total. The van der Waals surface area contributed by atoms with Gasteiger partial charge in [-0.3, -0.25) is 0 Å². The first-order chi connectivity index (χ1) is 10.4. The number of methoxy groups -OCH3 is 1. The van der Waals surface area contributed by atoms with Gasteiger partial charge in [0.25, 0.3) is 0 Å². The molecular weight excluding hydrogens is 303 g/mol. The second-order valence-electron chi connectivity index (χ2n) is 4.33. The molecule has 0 bridgehead atoms. The smallest absolute Gasteiger partial charge is 0.335 e. The average molecular weight is 320 g/mol. The van der Waals surface area contributed by atoms with Crippen LogP contribution in [-0.2, 0) is 0 Å². The largest absolute Gasteiger partial charge is 0.496 e. The monoisotopic (exact) mass is 320 g/mol. The Labute approximate surface area is 130 Å². The summed E-state index contributed by atoms with van der Waals surface area (Å²) in [4.78, 5) is 21.2. The summed E-state index contributed by atoms with van der Waals surface area (Å²) in [6, 6.07) is 12.0. The van der Waals surface area contributed by atoms with E-state index < -0.39 is 11.9 Å². The van der Waals surface area contributed by atoms with E-state index in [2.05, 4.69) is 9.24 Å². The molecular formula is C16H17O5P. The summed E-state index contributed by atoms with van der Waals surface area (Å²) in [6.07, 6.45) is 0. The minimum Gasteiger partial charge on any atom is -0.496 e. The normalized spacial score (nSPS) is 9.41. The topological polar surface area (TPSA) is 83.8 Å². The molecule has 6 heteroatoms. The van der Waals surface area contributed by atoms with Crippen molar-refractivity contribution in [1.82, 2.24) is 0 Å². The molecule has 0 radical (unpaired) electrons. The van der Waals surface area contributed by atoms with E-state index >= 15 is 0 Å². The Hall–Kier alpha value is -2.39. The third kappa shape index (κ3) is 4.57. The van der Waals surface area contributed by atoms with E-state index in [0.717, 1.165) is 11.1 Å². The van der Waals surface area contributed by atoms with E-state index in [-0.39, 0.29) is 16.7 Å². The van der Waals surface area contributed by atoms with Gasteiger partial charge in [0.05, 0.1) is 18.2 Å². The van der Waals surface area contributed by atoms with Gasteiger partial charge in [0.2, 0.25) is 0 Å². The maximum absolute atomic E-state index is 10.6. The average Bonchev–Trinajstić information content (AvgIpc) is 2.48. The van der Waals surface area contributed by atoms with Gasteiger partial charge in [-0.1, -0.05) is 24.3 Å². The standard InChI is InChI=1S/C9H8O4.C7H9OP/c1-5-6(8(10)11)3-2-4-7(5)9(12)13;1-8-6-4-2-3-5-7(6)9/h2-4H,1H3,(H,10,11)(H,12,13);2-5H,9H2,1H3. The van der Waals surface area contributed by atoms with Crippen molar-refractivity contribution < 1.29 is 24.5 Å². The maximum Gasteiger partial charge on any atom is 0.335 e.